The number of hydrogen-bond acceptors (Lipinski definition) is 3. The first-order chi connectivity index (χ1) is 9.66. The Morgan fingerprint density at radius 3 is 2.43 bits per heavy atom. The van der Waals surface area contributed by atoms with Crippen molar-refractivity contribution in [1.29, 1.82) is 0 Å². The van der Waals surface area contributed by atoms with Gasteiger partial charge >= 0.3 is 5.97 Å². The molecule has 21 heavy (non-hydrogen) atoms. The quantitative estimate of drug-likeness (QED) is 0.895. The van der Waals surface area contributed by atoms with Crippen LogP contribution >= 0.6 is 0 Å². The van der Waals surface area contributed by atoms with E-state index in [4.69, 9.17) is 0 Å². The maximum Gasteiger partial charge on any atom is 0.336 e. The van der Waals surface area contributed by atoms with Crippen molar-refractivity contribution in [3.8, 4) is 0 Å². The van der Waals surface area contributed by atoms with Crippen molar-refractivity contribution in [3.05, 3.63) is 34.4 Å². The van der Waals surface area contributed by atoms with Gasteiger partial charge in [-0.05, 0) is 43.9 Å². The van der Waals surface area contributed by atoms with Gasteiger partial charge in [-0.3, -0.25) is 9.79 Å². The highest BCUT2D eigenvalue weighted by Crippen LogP contribution is 2.29. The third-order valence-electron chi connectivity index (χ3n) is 4.11. The molecule has 0 saturated heterocycles. The lowest BCUT2D eigenvalue weighted by Gasteiger charge is -2.21. The van der Waals surface area contributed by atoms with Gasteiger partial charge in [-0.25, -0.2) is 4.79 Å². The van der Waals surface area contributed by atoms with Crippen LogP contribution in [0.15, 0.2) is 17.1 Å². The topological polar surface area (TPSA) is 78.8 Å². The van der Waals surface area contributed by atoms with Gasteiger partial charge in [-0.2, -0.15) is 0 Å². The number of amidine groups is 1. The predicted octanol–water partition coefficient (Wildman–Crippen LogP) is 2.29. The van der Waals surface area contributed by atoms with Gasteiger partial charge in [-0.15, -0.1) is 0 Å². The van der Waals surface area contributed by atoms with Crippen molar-refractivity contribution < 1.29 is 14.7 Å². The Labute approximate surface area is 124 Å². The van der Waals surface area contributed by atoms with Gasteiger partial charge in [0.25, 0.3) is 5.91 Å². The maximum absolute atomic E-state index is 12.2. The van der Waals surface area contributed by atoms with Gasteiger partial charge in [-0.1, -0.05) is 19.9 Å². The number of nitrogens with zero attached hydrogens (tertiary/aromatic N) is 1. The molecule has 5 nitrogen and oxygen atoms in total. The van der Waals surface area contributed by atoms with E-state index in [9.17, 15) is 14.7 Å². The molecule has 2 rings (SSSR count). The van der Waals surface area contributed by atoms with Gasteiger partial charge in [0.15, 0.2) is 0 Å². The minimum atomic E-state index is -1.02. The molecule has 0 aromatic heterocycles. The van der Waals surface area contributed by atoms with Crippen molar-refractivity contribution in [3.63, 3.8) is 0 Å². The smallest absolute Gasteiger partial charge is 0.336 e. The first kappa shape index (κ1) is 15.2. The number of aryl methyl sites for hydroxylation is 2. The molecule has 1 aromatic carbocycles. The van der Waals surface area contributed by atoms with Crippen molar-refractivity contribution in [2.75, 3.05) is 0 Å². The van der Waals surface area contributed by atoms with Crippen molar-refractivity contribution in [2.24, 2.45) is 10.9 Å². The highest BCUT2D eigenvalue weighted by Gasteiger charge is 2.42. The Hall–Kier alpha value is -2.17. The van der Waals surface area contributed by atoms with Gasteiger partial charge in [0.1, 0.15) is 11.4 Å². The maximum atomic E-state index is 12.2. The van der Waals surface area contributed by atoms with Crippen LogP contribution in [0.5, 0.6) is 0 Å². The molecule has 0 radical (unpaired) electrons. The Kier molecular flexibility index (Phi) is 3.61. The van der Waals surface area contributed by atoms with Crippen LogP contribution in [0.2, 0.25) is 0 Å². The van der Waals surface area contributed by atoms with Gasteiger partial charge < -0.3 is 10.4 Å². The van der Waals surface area contributed by atoms with Crippen LogP contribution in [-0.4, -0.2) is 28.4 Å². The molecule has 0 spiro atoms. The zero-order valence-electron chi connectivity index (χ0n) is 12.9. The summed E-state index contributed by atoms with van der Waals surface area (Å²) in [6, 6.07) is 3.49. The van der Waals surface area contributed by atoms with E-state index in [-0.39, 0.29) is 17.4 Å². The van der Waals surface area contributed by atoms with Crippen LogP contribution in [-0.2, 0) is 4.79 Å². The van der Waals surface area contributed by atoms with E-state index < -0.39 is 11.5 Å². The molecule has 2 N–H and O–H groups in total. The first-order valence-electron chi connectivity index (χ1n) is 6.93. The third kappa shape index (κ3) is 2.44. The first-order valence-corrected chi connectivity index (χ1v) is 6.93. The van der Waals surface area contributed by atoms with Crippen LogP contribution in [0, 0.1) is 19.8 Å². The minimum Gasteiger partial charge on any atom is -0.478 e. The van der Waals surface area contributed by atoms with Gasteiger partial charge in [0.2, 0.25) is 0 Å². The summed E-state index contributed by atoms with van der Waals surface area (Å²) in [5.74, 6) is -0.837. The molecule has 1 amide bonds. The Morgan fingerprint density at radius 2 is 1.95 bits per heavy atom. The van der Waals surface area contributed by atoms with Crippen LogP contribution in [0.1, 0.15) is 47.8 Å². The number of aromatic carboxylic acids is 1. The van der Waals surface area contributed by atoms with E-state index >= 15 is 0 Å². The molecule has 0 fully saturated rings. The van der Waals surface area contributed by atoms with E-state index in [1.807, 2.05) is 33.8 Å². The number of carboxylic acids is 1. The lowest BCUT2D eigenvalue weighted by atomic mass is 9.89. The number of carbonyl (C=O) groups is 2. The summed E-state index contributed by atoms with van der Waals surface area (Å²) in [7, 11) is 0. The number of rotatable bonds is 3. The van der Waals surface area contributed by atoms with E-state index in [2.05, 4.69) is 10.3 Å². The van der Waals surface area contributed by atoms with Crippen LogP contribution in [0.25, 0.3) is 0 Å². The highest BCUT2D eigenvalue weighted by atomic mass is 16.4. The number of amides is 1. The van der Waals surface area contributed by atoms with E-state index in [1.54, 1.807) is 13.0 Å². The molecule has 1 aliphatic heterocycles. The standard InChI is InChI=1S/C16H20N2O3/c1-8(2)16(5)15(21)17-13(18-16)12-10(4)6-9(3)7-11(12)14(19)20/h6-8H,1-5H3,(H,19,20)(H,17,18,21). The van der Waals surface area contributed by atoms with Crippen LogP contribution < -0.4 is 5.32 Å². The summed E-state index contributed by atoms with van der Waals surface area (Å²) >= 11 is 0. The largest absolute Gasteiger partial charge is 0.478 e. The van der Waals surface area contributed by atoms with Crippen LogP contribution in [0.4, 0.5) is 0 Å². The molecule has 0 aliphatic carbocycles. The Balaban J connectivity index is 2.64. The third-order valence-corrected chi connectivity index (χ3v) is 4.11. The molecule has 112 valence electrons. The number of aliphatic imine (C=N–C) groups is 1. The molecular formula is C16H20N2O3. The average molecular weight is 288 g/mol. The summed E-state index contributed by atoms with van der Waals surface area (Å²) in [6.07, 6.45) is 0. The summed E-state index contributed by atoms with van der Waals surface area (Å²) in [4.78, 5) is 28.2. The number of hydrogen-bond donors (Lipinski definition) is 2. The number of carbonyl (C=O) groups excluding carboxylic acids is 1. The fourth-order valence-corrected chi connectivity index (χ4v) is 2.51. The fourth-order valence-electron chi connectivity index (χ4n) is 2.51. The van der Waals surface area contributed by atoms with E-state index in [0.717, 1.165) is 11.1 Å². The van der Waals surface area contributed by atoms with E-state index in [1.165, 1.54) is 0 Å². The molecule has 1 atom stereocenters. The van der Waals surface area contributed by atoms with Crippen molar-refractivity contribution in [1.82, 2.24) is 5.32 Å². The van der Waals surface area contributed by atoms with Gasteiger partial charge in [0.05, 0.1) is 5.56 Å². The minimum absolute atomic E-state index is 0.0223. The molecule has 1 unspecified atom stereocenters. The molecule has 0 bridgehead atoms. The monoisotopic (exact) mass is 288 g/mol. The molecule has 0 saturated carbocycles. The Morgan fingerprint density at radius 1 is 1.33 bits per heavy atom. The zero-order chi connectivity index (χ0) is 15.9. The average Bonchev–Trinajstić information content (AvgIpc) is 2.65. The summed E-state index contributed by atoms with van der Waals surface area (Å²) in [5.41, 5.74) is 1.46. The summed E-state index contributed by atoms with van der Waals surface area (Å²) in [6.45, 7) is 9.28. The predicted molar refractivity (Wildman–Crippen MR) is 80.8 cm³/mol. The number of benzene rings is 1. The molecule has 5 heteroatoms. The zero-order valence-corrected chi connectivity index (χ0v) is 12.9. The van der Waals surface area contributed by atoms with Gasteiger partial charge in [0, 0.05) is 5.56 Å². The summed E-state index contributed by atoms with van der Waals surface area (Å²) < 4.78 is 0. The lowest BCUT2D eigenvalue weighted by molar-refractivity contribution is -0.124. The molecule has 1 heterocycles. The molecule has 1 aromatic rings. The molecule has 1 aliphatic rings. The molecular weight excluding hydrogens is 268 g/mol. The van der Waals surface area contributed by atoms with Crippen LogP contribution in [0.3, 0.4) is 0 Å². The van der Waals surface area contributed by atoms with Crippen molar-refractivity contribution in [2.45, 2.75) is 40.2 Å². The second kappa shape index (κ2) is 4.98. The second-order valence-corrected chi connectivity index (χ2v) is 6.03. The van der Waals surface area contributed by atoms with E-state index in [0.29, 0.717) is 11.4 Å². The lowest BCUT2D eigenvalue weighted by Crippen LogP contribution is -2.41. The van der Waals surface area contributed by atoms with Crippen molar-refractivity contribution >= 4 is 17.7 Å². The second-order valence-electron chi connectivity index (χ2n) is 6.03. The SMILES string of the molecule is Cc1cc(C)c(C2=NC(C)(C(C)C)C(=O)N2)c(C(=O)O)c1. The summed E-state index contributed by atoms with van der Waals surface area (Å²) in [5, 5.41) is 12.2. The number of nitrogens with one attached hydrogen (secondary N) is 1. The fraction of sp³-hybridized carbons (Fsp3) is 0.438. The Bertz CT molecular complexity index is 662. The number of carboxylic acid groups (broad SMARTS) is 1. The normalized spacial score (nSPS) is 21.4. The highest BCUT2D eigenvalue weighted by molar-refractivity contribution is 6.19.